The summed E-state index contributed by atoms with van der Waals surface area (Å²) in [5.74, 6) is 0.331. The monoisotopic (exact) mass is 507 g/mol. The van der Waals surface area contributed by atoms with E-state index in [1.807, 2.05) is 0 Å². The van der Waals surface area contributed by atoms with Gasteiger partial charge in [0.2, 0.25) is 5.91 Å². The SMILES string of the molecule is COC(=O)CCC(=O)Nc1cc(CS(=O)(=O)/C=C/c2c(OC)cc(OC)cc2OC)ccc1OC. The molecule has 10 nitrogen and oxygen atoms in total. The average Bonchev–Trinajstić information content (AvgIpc) is 2.85. The molecule has 0 saturated carbocycles. The number of rotatable bonds is 12. The molecule has 11 heteroatoms. The van der Waals surface area contributed by atoms with E-state index >= 15 is 0 Å². The van der Waals surface area contributed by atoms with Crippen molar-refractivity contribution < 1.29 is 41.7 Å². The lowest BCUT2D eigenvalue weighted by atomic mass is 10.1. The van der Waals surface area contributed by atoms with E-state index in [1.165, 1.54) is 47.7 Å². The van der Waals surface area contributed by atoms with Crippen LogP contribution in [0.4, 0.5) is 5.69 Å². The van der Waals surface area contributed by atoms with Gasteiger partial charge in [-0.2, -0.15) is 0 Å². The fourth-order valence-electron chi connectivity index (χ4n) is 3.12. The van der Waals surface area contributed by atoms with E-state index in [0.717, 1.165) is 5.41 Å². The molecule has 2 aromatic carbocycles. The number of carbonyl (C=O) groups excluding carboxylic acids is 2. The summed E-state index contributed by atoms with van der Waals surface area (Å²) in [5.41, 5.74) is 1.15. The van der Waals surface area contributed by atoms with E-state index in [4.69, 9.17) is 18.9 Å². The summed E-state index contributed by atoms with van der Waals surface area (Å²) in [6.45, 7) is 0. The molecule has 0 radical (unpaired) electrons. The number of benzene rings is 2. The predicted molar refractivity (Wildman–Crippen MR) is 131 cm³/mol. The third-order valence-electron chi connectivity index (χ3n) is 4.88. The molecule has 0 fully saturated rings. The summed E-state index contributed by atoms with van der Waals surface area (Å²) in [6.07, 6.45) is 1.22. The first-order valence-corrected chi connectivity index (χ1v) is 12.1. The van der Waals surface area contributed by atoms with Gasteiger partial charge in [0, 0.05) is 24.0 Å². The van der Waals surface area contributed by atoms with Crippen LogP contribution in [0.15, 0.2) is 35.7 Å². The van der Waals surface area contributed by atoms with Crippen molar-refractivity contribution in [2.75, 3.05) is 40.9 Å². The Balaban J connectivity index is 2.25. The lowest BCUT2D eigenvalue weighted by Gasteiger charge is -2.13. The molecule has 190 valence electrons. The van der Waals surface area contributed by atoms with Crippen molar-refractivity contribution in [1.82, 2.24) is 0 Å². The van der Waals surface area contributed by atoms with Crippen LogP contribution >= 0.6 is 0 Å². The quantitative estimate of drug-likeness (QED) is 0.431. The molecule has 0 saturated heterocycles. The molecule has 0 unspecified atom stereocenters. The Morgan fingerprint density at radius 1 is 0.857 bits per heavy atom. The second-order valence-corrected chi connectivity index (χ2v) is 9.10. The number of hydrogen-bond donors (Lipinski definition) is 1. The Hall–Kier alpha value is -3.73. The molecule has 1 N–H and O–H groups in total. The Morgan fingerprint density at radius 3 is 2.03 bits per heavy atom. The topological polar surface area (TPSA) is 126 Å². The standard InChI is InChI=1S/C24H29NO9S/c1-30-17-13-21(32-3)18(22(14-17)33-4)10-11-35(28,29)15-16-6-7-20(31-2)19(12-16)25-23(26)8-9-24(27)34-5/h6-7,10-14H,8-9,15H2,1-5H3,(H,25,26)/b11-10+. The molecule has 0 spiro atoms. The fourth-order valence-corrected chi connectivity index (χ4v) is 4.21. The highest BCUT2D eigenvalue weighted by atomic mass is 32.2. The molecule has 0 atom stereocenters. The second kappa shape index (κ2) is 12.7. The normalized spacial score (nSPS) is 11.1. The van der Waals surface area contributed by atoms with Gasteiger partial charge in [-0.15, -0.1) is 0 Å². The predicted octanol–water partition coefficient (Wildman–Crippen LogP) is 3.20. The first-order valence-electron chi connectivity index (χ1n) is 10.4. The van der Waals surface area contributed by atoms with Gasteiger partial charge in [-0.1, -0.05) is 6.07 Å². The van der Waals surface area contributed by atoms with Crippen LogP contribution in [0.1, 0.15) is 24.0 Å². The number of hydrogen-bond acceptors (Lipinski definition) is 9. The van der Waals surface area contributed by atoms with Crippen molar-refractivity contribution in [3.8, 4) is 23.0 Å². The molecular formula is C24H29NO9S. The Kier molecular flexibility index (Phi) is 9.95. The van der Waals surface area contributed by atoms with Gasteiger partial charge >= 0.3 is 5.97 Å². The van der Waals surface area contributed by atoms with E-state index < -0.39 is 21.7 Å². The maximum absolute atomic E-state index is 12.8. The summed E-state index contributed by atoms with van der Waals surface area (Å²) in [7, 11) is 3.35. The van der Waals surface area contributed by atoms with E-state index in [2.05, 4.69) is 10.1 Å². The molecule has 2 rings (SSSR count). The van der Waals surface area contributed by atoms with E-state index in [9.17, 15) is 18.0 Å². The molecule has 2 aromatic rings. The van der Waals surface area contributed by atoms with Gasteiger partial charge in [-0.05, 0) is 23.8 Å². The third-order valence-corrected chi connectivity index (χ3v) is 6.17. The van der Waals surface area contributed by atoms with Gasteiger partial charge < -0.3 is 29.0 Å². The first kappa shape index (κ1) is 27.5. The molecule has 0 aliphatic heterocycles. The van der Waals surface area contributed by atoms with Crippen LogP contribution in [-0.4, -0.2) is 55.8 Å². The van der Waals surface area contributed by atoms with Crippen molar-refractivity contribution in [2.24, 2.45) is 0 Å². The molecule has 0 aliphatic rings. The maximum Gasteiger partial charge on any atom is 0.306 e. The lowest BCUT2D eigenvalue weighted by molar-refractivity contribution is -0.141. The average molecular weight is 508 g/mol. The van der Waals surface area contributed by atoms with Crippen molar-refractivity contribution >= 4 is 33.5 Å². The van der Waals surface area contributed by atoms with Gasteiger partial charge in [-0.3, -0.25) is 9.59 Å². The summed E-state index contributed by atoms with van der Waals surface area (Å²) in [4.78, 5) is 23.4. The zero-order valence-corrected chi connectivity index (χ0v) is 21.1. The lowest BCUT2D eigenvalue weighted by Crippen LogP contribution is -2.15. The zero-order valence-electron chi connectivity index (χ0n) is 20.2. The maximum atomic E-state index is 12.8. The summed E-state index contributed by atoms with van der Waals surface area (Å²) in [5, 5.41) is 3.70. The molecule has 1 amide bonds. The van der Waals surface area contributed by atoms with Gasteiger partial charge in [0.1, 0.15) is 23.0 Å². The molecule has 0 bridgehead atoms. The summed E-state index contributed by atoms with van der Waals surface area (Å²) in [6, 6.07) is 7.89. The first-order chi connectivity index (χ1) is 16.7. The number of esters is 1. The molecule has 0 aromatic heterocycles. The van der Waals surface area contributed by atoms with Crippen molar-refractivity contribution in [2.45, 2.75) is 18.6 Å². The van der Waals surface area contributed by atoms with E-state index in [0.29, 0.717) is 34.1 Å². The Morgan fingerprint density at radius 2 is 1.49 bits per heavy atom. The number of sulfone groups is 1. The van der Waals surface area contributed by atoms with Crippen LogP contribution in [0.2, 0.25) is 0 Å². The van der Waals surface area contributed by atoms with Crippen molar-refractivity contribution in [1.29, 1.82) is 0 Å². The van der Waals surface area contributed by atoms with Crippen molar-refractivity contribution in [3.05, 3.63) is 46.9 Å². The largest absolute Gasteiger partial charge is 0.496 e. The van der Waals surface area contributed by atoms with Gasteiger partial charge in [0.15, 0.2) is 9.84 Å². The number of carbonyl (C=O) groups is 2. The van der Waals surface area contributed by atoms with Gasteiger partial charge in [-0.25, -0.2) is 8.42 Å². The second-order valence-electron chi connectivity index (χ2n) is 7.21. The minimum absolute atomic E-state index is 0.0815. The van der Waals surface area contributed by atoms with E-state index in [1.54, 1.807) is 24.3 Å². The molecular weight excluding hydrogens is 478 g/mol. The minimum atomic E-state index is -3.73. The van der Waals surface area contributed by atoms with Gasteiger partial charge in [0.05, 0.1) is 59.0 Å². The Bertz CT molecular complexity index is 1160. The number of methoxy groups -OCH3 is 5. The summed E-state index contributed by atoms with van der Waals surface area (Å²) < 4.78 is 51.3. The molecule has 35 heavy (non-hydrogen) atoms. The van der Waals surface area contributed by atoms with Crippen molar-refractivity contribution in [3.63, 3.8) is 0 Å². The van der Waals surface area contributed by atoms with Gasteiger partial charge in [0.25, 0.3) is 0 Å². The number of ether oxygens (including phenoxy) is 5. The number of amides is 1. The number of nitrogens with one attached hydrogen (secondary N) is 1. The van der Waals surface area contributed by atoms with E-state index in [-0.39, 0.29) is 24.3 Å². The third kappa shape index (κ3) is 7.92. The van der Waals surface area contributed by atoms with Crippen LogP contribution in [0.5, 0.6) is 23.0 Å². The molecule has 0 heterocycles. The van der Waals surface area contributed by atoms with Crippen LogP contribution in [0, 0.1) is 0 Å². The number of anilines is 1. The highest BCUT2D eigenvalue weighted by Gasteiger charge is 2.16. The van der Waals surface area contributed by atoms with Crippen LogP contribution in [-0.2, 0) is 29.9 Å². The van der Waals surface area contributed by atoms with Crippen LogP contribution in [0.3, 0.4) is 0 Å². The Labute approximate surface area is 204 Å². The van der Waals surface area contributed by atoms with Crippen LogP contribution < -0.4 is 24.3 Å². The fraction of sp³-hybridized carbons (Fsp3) is 0.333. The highest BCUT2D eigenvalue weighted by molar-refractivity contribution is 7.93. The smallest absolute Gasteiger partial charge is 0.306 e. The minimum Gasteiger partial charge on any atom is -0.496 e. The molecule has 0 aliphatic carbocycles. The zero-order chi connectivity index (χ0) is 26.0. The summed E-state index contributed by atoms with van der Waals surface area (Å²) >= 11 is 0. The van der Waals surface area contributed by atoms with Crippen LogP contribution in [0.25, 0.3) is 6.08 Å². The highest BCUT2D eigenvalue weighted by Crippen LogP contribution is 2.35.